The number of likely N-dealkylation sites (N-methyl/N-ethyl adjacent to an activating group) is 1. The van der Waals surface area contributed by atoms with Crippen LogP contribution in [0.1, 0.15) is 30.9 Å². The summed E-state index contributed by atoms with van der Waals surface area (Å²) >= 11 is 0. The Bertz CT molecular complexity index is 1050. The number of amides is 2. The monoisotopic (exact) mass is 475 g/mol. The molecule has 0 aliphatic rings. The molecule has 0 aliphatic carbocycles. The Hall–Kier alpha value is -3.07. The second kappa shape index (κ2) is 11.7. The molecule has 0 radical (unpaired) electrons. The molecule has 1 N–H and O–H groups in total. The zero-order valence-electron chi connectivity index (χ0n) is 19.9. The molecule has 2 aromatic rings. The van der Waals surface area contributed by atoms with Crippen molar-refractivity contribution in [2.45, 2.75) is 39.3 Å². The number of hydrogen-bond donors (Lipinski definition) is 1. The lowest BCUT2D eigenvalue weighted by Gasteiger charge is -2.29. The van der Waals surface area contributed by atoms with E-state index in [1.54, 1.807) is 38.3 Å². The summed E-state index contributed by atoms with van der Waals surface area (Å²) in [5.74, 6) is 0.211. The number of aryl methyl sites for hydroxylation is 1. The van der Waals surface area contributed by atoms with E-state index in [1.165, 1.54) is 16.3 Å². The van der Waals surface area contributed by atoms with Gasteiger partial charge in [-0.3, -0.25) is 13.9 Å². The molecule has 0 heterocycles. The third-order valence-electron chi connectivity index (χ3n) is 5.46. The number of nitrogens with zero attached hydrogens (tertiary/aromatic N) is 2. The van der Waals surface area contributed by atoms with Crippen LogP contribution >= 0.6 is 0 Å². The zero-order valence-corrected chi connectivity index (χ0v) is 20.7. The van der Waals surface area contributed by atoms with Crippen molar-refractivity contribution in [2.75, 3.05) is 31.3 Å². The number of ether oxygens (including phenoxy) is 1. The minimum atomic E-state index is -3.52. The Morgan fingerprint density at radius 2 is 1.73 bits per heavy atom. The maximum absolute atomic E-state index is 13.1. The molecule has 2 aromatic carbocycles. The predicted octanol–water partition coefficient (Wildman–Crippen LogP) is 2.71. The normalized spacial score (nSPS) is 12.0. The van der Waals surface area contributed by atoms with Gasteiger partial charge < -0.3 is 15.0 Å². The molecule has 0 fully saturated rings. The molecule has 8 nitrogen and oxygen atoms in total. The van der Waals surface area contributed by atoms with Gasteiger partial charge in [0.2, 0.25) is 21.8 Å². The summed E-state index contributed by atoms with van der Waals surface area (Å²) in [4.78, 5) is 26.9. The second-order valence-electron chi connectivity index (χ2n) is 7.89. The van der Waals surface area contributed by atoms with E-state index >= 15 is 0 Å². The van der Waals surface area contributed by atoms with Crippen LogP contribution in [0.5, 0.6) is 5.75 Å². The molecule has 0 saturated heterocycles. The molecule has 0 spiro atoms. The average molecular weight is 476 g/mol. The van der Waals surface area contributed by atoms with Crippen LogP contribution in [0, 0.1) is 6.92 Å². The van der Waals surface area contributed by atoms with Crippen molar-refractivity contribution < 1.29 is 22.7 Å². The van der Waals surface area contributed by atoms with Gasteiger partial charge in [-0.2, -0.15) is 0 Å². The second-order valence-corrected chi connectivity index (χ2v) is 9.79. The number of nitrogens with one attached hydrogen (secondary N) is 1. The summed E-state index contributed by atoms with van der Waals surface area (Å²) in [5, 5.41) is 2.59. The van der Waals surface area contributed by atoms with E-state index in [-0.39, 0.29) is 31.3 Å². The first-order chi connectivity index (χ1) is 15.6. The van der Waals surface area contributed by atoms with Gasteiger partial charge in [0.05, 0.1) is 19.1 Å². The van der Waals surface area contributed by atoms with Crippen molar-refractivity contribution in [1.82, 2.24) is 10.2 Å². The average Bonchev–Trinajstić information content (AvgIpc) is 2.79. The van der Waals surface area contributed by atoms with Crippen LogP contribution in [0.3, 0.4) is 0 Å². The van der Waals surface area contributed by atoms with Gasteiger partial charge in [-0.25, -0.2) is 8.42 Å². The van der Waals surface area contributed by atoms with Gasteiger partial charge in [0.1, 0.15) is 11.8 Å². The summed E-state index contributed by atoms with van der Waals surface area (Å²) in [6.07, 6.45) is 1.58. The largest absolute Gasteiger partial charge is 0.497 e. The van der Waals surface area contributed by atoms with Gasteiger partial charge in [-0.15, -0.1) is 0 Å². The lowest BCUT2D eigenvalue weighted by molar-refractivity contribution is -0.140. The van der Waals surface area contributed by atoms with Gasteiger partial charge in [-0.1, -0.05) is 30.3 Å². The number of sulfonamides is 1. The molecular formula is C24H33N3O5S. The molecule has 1 atom stereocenters. The van der Waals surface area contributed by atoms with Crippen LogP contribution in [-0.2, 0) is 26.2 Å². The minimum absolute atomic E-state index is 0.107. The number of rotatable bonds is 11. The third-order valence-corrected chi connectivity index (χ3v) is 6.64. The van der Waals surface area contributed by atoms with Gasteiger partial charge in [0.25, 0.3) is 0 Å². The summed E-state index contributed by atoms with van der Waals surface area (Å²) in [7, 11) is -0.408. The van der Waals surface area contributed by atoms with Crippen LogP contribution in [0.4, 0.5) is 5.69 Å². The van der Waals surface area contributed by atoms with E-state index in [1.807, 2.05) is 31.2 Å². The lowest BCUT2D eigenvalue weighted by Crippen LogP contribution is -2.46. The van der Waals surface area contributed by atoms with Crippen LogP contribution < -0.4 is 14.4 Å². The number of hydrogen-bond acceptors (Lipinski definition) is 5. The topological polar surface area (TPSA) is 96.0 Å². The maximum Gasteiger partial charge on any atom is 0.242 e. The molecule has 180 valence electrons. The Morgan fingerprint density at radius 3 is 2.27 bits per heavy atom. The summed E-state index contributed by atoms with van der Waals surface area (Å²) in [6.45, 7) is 3.95. The summed E-state index contributed by atoms with van der Waals surface area (Å²) < 4.78 is 31.3. The van der Waals surface area contributed by atoms with E-state index in [0.29, 0.717) is 17.9 Å². The first-order valence-electron chi connectivity index (χ1n) is 10.8. The number of anilines is 1. The molecule has 0 aliphatic heterocycles. The Morgan fingerprint density at radius 1 is 1.09 bits per heavy atom. The summed E-state index contributed by atoms with van der Waals surface area (Å²) in [5.41, 5.74) is 2.29. The molecule has 9 heteroatoms. The fourth-order valence-corrected chi connectivity index (χ4v) is 4.57. The minimum Gasteiger partial charge on any atom is -0.497 e. The van der Waals surface area contributed by atoms with E-state index in [2.05, 4.69) is 5.32 Å². The molecule has 33 heavy (non-hydrogen) atoms. The standard InChI is InChI=1S/C24H33N3O5S/c1-18-9-6-7-10-22(18)27(33(5,30)31)16-8-11-23(28)26(19(2)24(29)25-3)17-20-12-14-21(32-4)15-13-20/h6-7,9-10,12-15,19H,8,11,16-17H2,1-5H3,(H,25,29)/t19-/m0/s1. The molecule has 2 amide bonds. The van der Waals surface area contributed by atoms with Crippen molar-refractivity contribution in [1.29, 1.82) is 0 Å². The molecule has 0 unspecified atom stereocenters. The molecule has 0 saturated carbocycles. The highest BCUT2D eigenvalue weighted by Gasteiger charge is 2.26. The smallest absolute Gasteiger partial charge is 0.242 e. The van der Waals surface area contributed by atoms with Crippen LogP contribution in [0.25, 0.3) is 0 Å². The molecule has 2 rings (SSSR count). The quantitative estimate of drug-likeness (QED) is 0.539. The molecule has 0 aromatic heterocycles. The SMILES string of the molecule is CNC(=O)[C@H](C)N(Cc1ccc(OC)cc1)C(=O)CCCN(c1ccccc1C)S(C)(=O)=O. The van der Waals surface area contributed by atoms with E-state index in [4.69, 9.17) is 4.74 Å². The Balaban J connectivity index is 2.15. The highest BCUT2D eigenvalue weighted by atomic mass is 32.2. The first kappa shape index (κ1) is 26.2. The highest BCUT2D eigenvalue weighted by molar-refractivity contribution is 7.92. The number of methoxy groups -OCH3 is 1. The summed E-state index contributed by atoms with van der Waals surface area (Å²) in [6, 6.07) is 13.9. The fraction of sp³-hybridized carbons (Fsp3) is 0.417. The van der Waals surface area contributed by atoms with E-state index in [0.717, 1.165) is 17.4 Å². The number of carbonyl (C=O) groups is 2. The van der Waals surface area contributed by atoms with Gasteiger partial charge >= 0.3 is 0 Å². The van der Waals surface area contributed by atoms with Crippen LogP contribution in [0.15, 0.2) is 48.5 Å². The molecule has 0 bridgehead atoms. The number of benzene rings is 2. The van der Waals surface area contributed by atoms with Crippen molar-refractivity contribution in [2.24, 2.45) is 0 Å². The van der Waals surface area contributed by atoms with Crippen LogP contribution in [0.2, 0.25) is 0 Å². The predicted molar refractivity (Wildman–Crippen MR) is 130 cm³/mol. The van der Waals surface area contributed by atoms with Crippen LogP contribution in [-0.4, -0.2) is 58.1 Å². The maximum atomic E-state index is 13.1. The molecular weight excluding hydrogens is 442 g/mol. The third kappa shape index (κ3) is 7.21. The Labute approximate surface area is 196 Å². The van der Waals surface area contributed by atoms with E-state index in [9.17, 15) is 18.0 Å². The van der Waals surface area contributed by atoms with Crippen molar-refractivity contribution in [3.05, 3.63) is 59.7 Å². The number of para-hydroxylation sites is 1. The van der Waals surface area contributed by atoms with Gasteiger partial charge in [0, 0.05) is 26.6 Å². The highest BCUT2D eigenvalue weighted by Crippen LogP contribution is 2.23. The lowest BCUT2D eigenvalue weighted by atomic mass is 10.1. The van der Waals surface area contributed by atoms with Crippen molar-refractivity contribution >= 4 is 27.5 Å². The zero-order chi connectivity index (χ0) is 24.6. The Kier molecular flexibility index (Phi) is 9.28. The van der Waals surface area contributed by atoms with Gasteiger partial charge in [0.15, 0.2) is 0 Å². The van der Waals surface area contributed by atoms with E-state index < -0.39 is 16.1 Å². The number of carbonyl (C=O) groups excluding carboxylic acids is 2. The van der Waals surface area contributed by atoms with Crippen molar-refractivity contribution in [3.8, 4) is 5.75 Å². The van der Waals surface area contributed by atoms with Gasteiger partial charge in [-0.05, 0) is 49.6 Å². The van der Waals surface area contributed by atoms with Crippen molar-refractivity contribution in [3.63, 3.8) is 0 Å². The first-order valence-corrected chi connectivity index (χ1v) is 12.6. The fourth-order valence-electron chi connectivity index (χ4n) is 3.54.